The van der Waals surface area contributed by atoms with Crippen LogP contribution in [0.15, 0.2) is 0 Å². The van der Waals surface area contributed by atoms with Crippen LogP contribution in [-0.2, 0) is 4.74 Å². The minimum absolute atomic E-state index is 0.222. The second-order valence-corrected chi connectivity index (χ2v) is 5.89. The van der Waals surface area contributed by atoms with E-state index in [0.717, 1.165) is 32.1 Å². The molecule has 0 aromatic carbocycles. The zero-order valence-corrected chi connectivity index (χ0v) is 12.1. The van der Waals surface area contributed by atoms with Crippen LogP contribution in [-0.4, -0.2) is 50.8 Å². The Kier molecular flexibility index (Phi) is 6.45. The van der Waals surface area contributed by atoms with E-state index in [0.29, 0.717) is 0 Å². The molecule has 0 aliphatic heterocycles. The largest absolute Gasteiger partial charge is 0.378 e. The van der Waals surface area contributed by atoms with Crippen LogP contribution in [0.3, 0.4) is 0 Å². The van der Waals surface area contributed by atoms with Crippen LogP contribution in [0.4, 0.5) is 0 Å². The second-order valence-electron chi connectivity index (χ2n) is 5.89. The van der Waals surface area contributed by atoms with Gasteiger partial charge in [0, 0.05) is 26.7 Å². The summed E-state index contributed by atoms with van der Waals surface area (Å²) in [4.78, 5) is 2.41. The number of hydrogen-bond donors (Lipinski definition) is 1. The lowest BCUT2D eigenvalue weighted by molar-refractivity contribution is -0.0810. The van der Waals surface area contributed by atoms with Crippen LogP contribution in [0.5, 0.6) is 0 Å². The smallest absolute Gasteiger partial charge is 0.0691 e. The molecule has 3 heteroatoms. The third kappa shape index (κ3) is 5.36. The number of nitrogens with one attached hydrogen (secondary N) is 1. The molecule has 0 radical (unpaired) electrons. The Labute approximate surface area is 107 Å². The molecule has 0 bridgehead atoms. The molecule has 1 saturated carbocycles. The molecule has 0 unspecified atom stereocenters. The van der Waals surface area contributed by atoms with Gasteiger partial charge >= 0.3 is 0 Å². The van der Waals surface area contributed by atoms with Gasteiger partial charge in [0.2, 0.25) is 0 Å². The molecular formula is C14H30N2O. The van der Waals surface area contributed by atoms with Gasteiger partial charge in [-0.25, -0.2) is 0 Å². The summed E-state index contributed by atoms with van der Waals surface area (Å²) in [6.07, 6.45) is 5.03. The molecule has 1 aliphatic carbocycles. The van der Waals surface area contributed by atoms with Crippen LogP contribution in [0.1, 0.15) is 39.5 Å². The van der Waals surface area contributed by atoms with Crippen molar-refractivity contribution in [3.05, 3.63) is 0 Å². The number of hydrogen-bond acceptors (Lipinski definition) is 3. The summed E-state index contributed by atoms with van der Waals surface area (Å²) in [6, 6.07) is 0. The van der Waals surface area contributed by atoms with Crippen molar-refractivity contribution in [3.8, 4) is 0 Å². The number of likely N-dealkylation sites (N-methyl/N-ethyl adjacent to an activating group) is 1. The number of nitrogens with zero attached hydrogens (tertiary/aromatic N) is 1. The molecule has 1 N–H and O–H groups in total. The van der Waals surface area contributed by atoms with Gasteiger partial charge in [0.1, 0.15) is 0 Å². The van der Waals surface area contributed by atoms with Crippen LogP contribution in [0.25, 0.3) is 0 Å². The SMILES string of the molecule is COC1(CCN(C)CCNCC(C)C)CCC1. The monoisotopic (exact) mass is 242 g/mol. The van der Waals surface area contributed by atoms with E-state index < -0.39 is 0 Å². The highest BCUT2D eigenvalue weighted by Crippen LogP contribution is 2.37. The van der Waals surface area contributed by atoms with E-state index in [1.54, 1.807) is 0 Å². The van der Waals surface area contributed by atoms with Crippen molar-refractivity contribution < 1.29 is 4.74 Å². The fourth-order valence-electron chi connectivity index (χ4n) is 2.29. The third-order valence-electron chi connectivity index (χ3n) is 3.87. The van der Waals surface area contributed by atoms with Crippen molar-refractivity contribution >= 4 is 0 Å². The van der Waals surface area contributed by atoms with Crippen molar-refractivity contribution in [2.75, 3.05) is 40.3 Å². The van der Waals surface area contributed by atoms with Gasteiger partial charge in [-0.3, -0.25) is 0 Å². The zero-order chi connectivity index (χ0) is 12.7. The molecule has 0 heterocycles. The Hall–Kier alpha value is -0.120. The average molecular weight is 242 g/mol. The minimum Gasteiger partial charge on any atom is -0.378 e. The average Bonchev–Trinajstić information content (AvgIpc) is 2.23. The lowest BCUT2D eigenvalue weighted by Gasteiger charge is -2.41. The van der Waals surface area contributed by atoms with E-state index in [-0.39, 0.29) is 5.60 Å². The minimum atomic E-state index is 0.222. The highest BCUT2D eigenvalue weighted by atomic mass is 16.5. The van der Waals surface area contributed by atoms with Gasteiger partial charge in [-0.05, 0) is 45.2 Å². The molecule has 0 spiro atoms. The Balaban J connectivity index is 2.02. The van der Waals surface area contributed by atoms with Gasteiger partial charge in [0.15, 0.2) is 0 Å². The number of methoxy groups -OCH3 is 1. The van der Waals surface area contributed by atoms with Crippen molar-refractivity contribution in [1.29, 1.82) is 0 Å². The van der Waals surface area contributed by atoms with E-state index in [1.807, 2.05) is 7.11 Å². The Bertz CT molecular complexity index is 197. The van der Waals surface area contributed by atoms with Gasteiger partial charge in [0.05, 0.1) is 5.60 Å². The van der Waals surface area contributed by atoms with Gasteiger partial charge in [-0.15, -0.1) is 0 Å². The van der Waals surface area contributed by atoms with Crippen molar-refractivity contribution in [2.24, 2.45) is 5.92 Å². The van der Waals surface area contributed by atoms with Crippen LogP contribution >= 0.6 is 0 Å². The molecule has 0 aromatic heterocycles. The first kappa shape index (κ1) is 14.9. The molecular weight excluding hydrogens is 212 g/mol. The van der Waals surface area contributed by atoms with Gasteiger partial charge in [-0.1, -0.05) is 13.8 Å². The summed E-state index contributed by atoms with van der Waals surface area (Å²) in [7, 11) is 4.07. The van der Waals surface area contributed by atoms with Gasteiger partial charge in [0.25, 0.3) is 0 Å². The molecule has 1 rings (SSSR count). The summed E-state index contributed by atoms with van der Waals surface area (Å²) < 4.78 is 5.64. The summed E-state index contributed by atoms with van der Waals surface area (Å²) >= 11 is 0. The summed E-state index contributed by atoms with van der Waals surface area (Å²) in [5.41, 5.74) is 0.222. The summed E-state index contributed by atoms with van der Waals surface area (Å²) in [6.45, 7) is 8.99. The Morgan fingerprint density at radius 1 is 1.29 bits per heavy atom. The fraction of sp³-hybridized carbons (Fsp3) is 1.00. The van der Waals surface area contributed by atoms with Gasteiger partial charge < -0.3 is 15.0 Å². The second kappa shape index (κ2) is 7.34. The van der Waals surface area contributed by atoms with Crippen LogP contribution in [0, 0.1) is 5.92 Å². The number of ether oxygens (including phenoxy) is 1. The summed E-state index contributed by atoms with van der Waals surface area (Å²) in [5, 5.41) is 3.48. The lowest BCUT2D eigenvalue weighted by Crippen LogP contribution is -2.42. The quantitative estimate of drug-likeness (QED) is 0.627. The highest BCUT2D eigenvalue weighted by Gasteiger charge is 2.36. The normalized spacial score (nSPS) is 18.7. The van der Waals surface area contributed by atoms with E-state index in [9.17, 15) is 0 Å². The first-order chi connectivity index (χ1) is 8.08. The first-order valence-electron chi connectivity index (χ1n) is 7.02. The van der Waals surface area contributed by atoms with Crippen LogP contribution in [0.2, 0.25) is 0 Å². The fourth-order valence-corrected chi connectivity index (χ4v) is 2.29. The molecule has 17 heavy (non-hydrogen) atoms. The zero-order valence-electron chi connectivity index (χ0n) is 12.1. The predicted octanol–water partition coefficient (Wildman–Crippen LogP) is 2.12. The highest BCUT2D eigenvalue weighted by molar-refractivity contribution is 4.89. The molecule has 0 amide bonds. The standard InChI is InChI=1S/C14H30N2O/c1-13(2)12-15-9-11-16(3)10-8-14(17-4)6-5-7-14/h13,15H,5-12H2,1-4H3. The molecule has 0 atom stereocenters. The Morgan fingerprint density at radius 2 is 2.00 bits per heavy atom. The molecule has 102 valence electrons. The van der Waals surface area contributed by atoms with Crippen LogP contribution < -0.4 is 5.32 Å². The maximum Gasteiger partial charge on any atom is 0.0691 e. The van der Waals surface area contributed by atoms with Crippen molar-refractivity contribution in [1.82, 2.24) is 10.2 Å². The maximum atomic E-state index is 5.64. The van der Waals surface area contributed by atoms with Crippen molar-refractivity contribution in [3.63, 3.8) is 0 Å². The van der Waals surface area contributed by atoms with Crippen molar-refractivity contribution in [2.45, 2.75) is 45.1 Å². The lowest BCUT2D eigenvalue weighted by atomic mass is 9.77. The molecule has 1 fully saturated rings. The van der Waals surface area contributed by atoms with Gasteiger partial charge in [-0.2, -0.15) is 0 Å². The van der Waals surface area contributed by atoms with E-state index in [1.165, 1.54) is 25.7 Å². The van der Waals surface area contributed by atoms with E-state index in [4.69, 9.17) is 4.74 Å². The maximum absolute atomic E-state index is 5.64. The van der Waals surface area contributed by atoms with E-state index >= 15 is 0 Å². The predicted molar refractivity (Wildman–Crippen MR) is 73.4 cm³/mol. The number of rotatable bonds is 9. The molecule has 3 nitrogen and oxygen atoms in total. The van der Waals surface area contributed by atoms with E-state index in [2.05, 4.69) is 31.1 Å². The molecule has 0 aromatic rings. The molecule has 1 aliphatic rings. The third-order valence-corrected chi connectivity index (χ3v) is 3.87. The molecule has 0 saturated heterocycles. The Morgan fingerprint density at radius 3 is 2.47 bits per heavy atom. The topological polar surface area (TPSA) is 24.5 Å². The summed E-state index contributed by atoms with van der Waals surface area (Å²) in [5.74, 6) is 0.743. The first-order valence-corrected chi connectivity index (χ1v) is 7.02.